The molecule has 5 rings (SSSR count). The number of rotatable bonds is 7. The van der Waals surface area contributed by atoms with Crippen LogP contribution in [-0.4, -0.2) is 69.4 Å². The molecular formula is C27H27ClF3N7O3. The first-order valence-electron chi connectivity index (χ1n) is 12.9. The molecule has 10 nitrogen and oxygen atoms in total. The Morgan fingerprint density at radius 2 is 1.83 bits per heavy atom. The van der Waals surface area contributed by atoms with E-state index in [1.807, 2.05) is 18.7 Å². The van der Waals surface area contributed by atoms with Crippen LogP contribution in [0.4, 0.5) is 13.2 Å². The van der Waals surface area contributed by atoms with Gasteiger partial charge in [0.1, 0.15) is 12.9 Å². The topological polar surface area (TPSA) is 111 Å². The molecule has 0 bridgehead atoms. The number of halogens is 4. The summed E-state index contributed by atoms with van der Waals surface area (Å²) in [5.41, 5.74) is 0.0921. The van der Waals surface area contributed by atoms with E-state index in [-0.39, 0.29) is 29.6 Å². The minimum atomic E-state index is -4.94. The SMILES string of the molecule is CC1(C)CCCN1C(=O)c1ccccc1-n1cnc(Cn2nc(-c3ccc(Cl)cc3)n(C[C@H](O)C(F)(F)F)c2=O)n1. The highest BCUT2D eigenvalue weighted by Gasteiger charge is 2.39. The number of hydrogen-bond donors (Lipinski definition) is 1. The second-order valence-corrected chi connectivity index (χ2v) is 10.9. The fraction of sp³-hybridized carbons (Fsp3) is 0.370. The maximum Gasteiger partial charge on any atom is 0.416 e. The van der Waals surface area contributed by atoms with Crippen molar-refractivity contribution >= 4 is 17.5 Å². The van der Waals surface area contributed by atoms with Crippen molar-refractivity contribution in [2.75, 3.05) is 6.54 Å². The van der Waals surface area contributed by atoms with Crippen LogP contribution in [0.2, 0.25) is 5.02 Å². The quantitative estimate of drug-likeness (QED) is 0.350. The van der Waals surface area contributed by atoms with Crippen molar-refractivity contribution in [1.82, 2.24) is 34.0 Å². The molecule has 1 aliphatic heterocycles. The summed E-state index contributed by atoms with van der Waals surface area (Å²) in [6, 6.07) is 13.0. The lowest BCUT2D eigenvalue weighted by molar-refractivity contribution is -0.207. The maximum absolute atomic E-state index is 13.5. The van der Waals surface area contributed by atoms with Gasteiger partial charge in [0.2, 0.25) is 0 Å². The summed E-state index contributed by atoms with van der Waals surface area (Å²) in [6.45, 7) is 3.38. The summed E-state index contributed by atoms with van der Waals surface area (Å²) < 4.78 is 42.5. The van der Waals surface area contributed by atoms with E-state index in [2.05, 4.69) is 15.2 Å². The molecule has 1 saturated heterocycles. The summed E-state index contributed by atoms with van der Waals surface area (Å²) in [6.07, 6.45) is -4.52. The Kier molecular flexibility index (Phi) is 7.51. The number of carbonyl (C=O) groups is 1. The van der Waals surface area contributed by atoms with Gasteiger partial charge in [0, 0.05) is 22.7 Å². The van der Waals surface area contributed by atoms with E-state index in [0.29, 0.717) is 28.4 Å². The molecule has 216 valence electrons. The van der Waals surface area contributed by atoms with Crippen LogP contribution >= 0.6 is 11.6 Å². The minimum Gasteiger partial charge on any atom is -0.382 e. The molecule has 1 amide bonds. The van der Waals surface area contributed by atoms with Crippen LogP contribution in [0.1, 0.15) is 42.9 Å². The van der Waals surface area contributed by atoms with Gasteiger partial charge in [-0.15, -0.1) is 10.2 Å². The number of aliphatic hydroxyl groups excluding tert-OH is 1. The van der Waals surface area contributed by atoms with Gasteiger partial charge in [-0.1, -0.05) is 23.7 Å². The number of likely N-dealkylation sites (tertiary alicyclic amines) is 1. The van der Waals surface area contributed by atoms with Crippen LogP contribution in [0.5, 0.6) is 0 Å². The van der Waals surface area contributed by atoms with Crippen molar-refractivity contribution < 1.29 is 23.1 Å². The third-order valence-corrected chi connectivity index (χ3v) is 7.37. The van der Waals surface area contributed by atoms with Crippen molar-refractivity contribution in [3.8, 4) is 17.1 Å². The Hall–Kier alpha value is -3.97. The second kappa shape index (κ2) is 10.8. The average Bonchev–Trinajstić information content (AvgIpc) is 3.62. The summed E-state index contributed by atoms with van der Waals surface area (Å²) in [7, 11) is 0. The Morgan fingerprint density at radius 1 is 1.12 bits per heavy atom. The highest BCUT2D eigenvalue weighted by Crippen LogP contribution is 2.31. The fourth-order valence-electron chi connectivity index (χ4n) is 4.90. The van der Waals surface area contributed by atoms with Crippen LogP contribution < -0.4 is 5.69 Å². The fourth-order valence-corrected chi connectivity index (χ4v) is 5.03. The molecule has 2 aromatic heterocycles. The van der Waals surface area contributed by atoms with E-state index < -0.39 is 24.5 Å². The van der Waals surface area contributed by atoms with E-state index in [0.717, 1.165) is 22.1 Å². The monoisotopic (exact) mass is 589 g/mol. The van der Waals surface area contributed by atoms with E-state index in [9.17, 15) is 27.9 Å². The van der Waals surface area contributed by atoms with Crippen LogP contribution in [0.3, 0.4) is 0 Å². The predicted octanol–water partition coefficient (Wildman–Crippen LogP) is 3.93. The highest BCUT2D eigenvalue weighted by atomic mass is 35.5. The van der Waals surface area contributed by atoms with Crippen molar-refractivity contribution in [2.24, 2.45) is 0 Å². The molecule has 0 radical (unpaired) electrons. The number of amides is 1. The number of aromatic nitrogens is 6. The zero-order valence-corrected chi connectivity index (χ0v) is 23.0. The predicted molar refractivity (Wildman–Crippen MR) is 144 cm³/mol. The summed E-state index contributed by atoms with van der Waals surface area (Å²) in [5.74, 6) is -0.0796. The molecule has 3 heterocycles. The third kappa shape index (κ3) is 5.77. The zero-order chi connectivity index (χ0) is 29.5. The van der Waals surface area contributed by atoms with Gasteiger partial charge in [-0.3, -0.25) is 9.36 Å². The van der Waals surface area contributed by atoms with Gasteiger partial charge in [0.15, 0.2) is 17.8 Å². The van der Waals surface area contributed by atoms with E-state index in [1.54, 1.807) is 24.3 Å². The standard InChI is InChI=1S/C27H27ClF3N7O3/c1-26(2)12-5-13-36(26)24(40)19-6-3-4-7-20(19)38-16-32-22(33-38)15-37-25(41)35(14-21(39)27(29,30)31)23(34-37)17-8-10-18(28)11-9-17/h3-4,6-11,16,21,39H,5,12-15H2,1-2H3/t21-/m0/s1. The number of para-hydroxylation sites is 1. The molecule has 0 saturated carbocycles. The maximum atomic E-state index is 13.5. The van der Waals surface area contributed by atoms with E-state index >= 15 is 0 Å². The zero-order valence-electron chi connectivity index (χ0n) is 22.2. The normalized spacial score (nSPS) is 15.8. The Balaban J connectivity index is 1.47. The van der Waals surface area contributed by atoms with Crippen molar-refractivity contribution in [3.63, 3.8) is 0 Å². The molecule has 0 unspecified atom stereocenters. The van der Waals surface area contributed by atoms with Crippen molar-refractivity contribution in [1.29, 1.82) is 0 Å². The molecule has 1 aliphatic rings. The molecular weight excluding hydrogens is 563 g/mol. The van der Waals surface area contributed by atoms with E-state index in [1.165, 1.54) is 35.3 Å². The lowest BCUT2D eigenvalue weighted by Gasteiger charge is -2.32. The first kappa shape index (κ1) is 28.6. The van der Waals surface area contributed by atoms with Gasteiger partial charge in [-0.25, -0.2) is 19.1 Å². The number of hydrogen-bond acceptors (Lipinski definition) is 6. The van der Waals surface area contributed by atoms with Gasteiger partial charge in [-0.2, -0.15) is 13.2 Å². The number of aliphatic hydroxyl groups is 1. The molecule has 14 heteroatoms. The van der Waals surface area contributed by atoms with Crippen LogP contribution in [0.15, 0.2) is 59.7 Å². The van der Waals surface area contributed by atoms with Crippen LogP contribution in [-0.2, 0) is 13.1 Å². The molecule has 0 spiro atoms. The van der Waals surface area contributed by atoms with E-state index in [4.69, 9.17) is 11.6 Å². The lowest BCUT2D eigenvalue weighted by Crippen LogP contribution is -2.43. The molecule has 41 heavy (non-hydrogen) atoms. The first-order valence-corrected chi connectivity index (χ1v) is 13.2. The molecule has 4 aromatic rings. The Labute approximate surface area is 237 Å². The molecule has 1 N–H and O–H groups in total. The Morgan fingerprint density at radius 3 is 2.49 bits per heavy atom. The number of benzene rings is 2. The molecule has 1 fully saturated rings. The largest absolute Gasteiger partial charge is 0.416 e. The van der Waals surface area contributed by atoms with Crippen molar-refractivity contribution in [3.05, 3.63) is 81.8 Å². The smallest absolute Gasteiger partial charge is 0.382 e. The molecule has 1 atom stereocenters. The minimum absolute atomic E-state index is 0.0847. The molecule has 0 aliphatic carbocycles. The number of nitrogens with zero attached hydrogens (tertiary/aromatic N) is 7. The van der Waals surface area contributed by atoms with Gasteiger partial charge in [0.05, 0.1) is 17.8 Å². The molecule has 2 aromatic carbocycles. The average molecular weight is 590 g/mol. The number of carbonyl (C=O) groups excluding carboxylic acids is 1. The number of alkyl halides is 3. The summed E-state index contributed by atoms with van der Waals surface area (Å²) in [4.78, 5) is 32.7. The van der Waals surface area contributed by atoms with Crippen LogP contribution in [0, 0.1) is 0 Å². The summed E-state index contributed by atoms with van der Waals surface area (Å²) in [5, 5.41) is 18.7. The lowest BCUT2D eigenvalue weighted by atomic mass is 10.0. The van der Waals surface area contributed by atoms with Gasteiger partial charge < -0.3 is 10.0 Å². The first-order chi connectivity index (χ1) is 19.3. The van der Waals surface area contributed by atoms with Gasteiger partial charge in [-0.05, 0) is 63.1 Å². The van der Waals surface area contributed by atoms with Crippen LogP contribution in [0.25, 0.3) is 17.1 Å². The van der Waals surface area contributed by atoms with Crippen molar-refractivity contribution in [2.45, 2.75) is 57.6 Å². The summed E-state index contributed by atoms with van der Waals surface area (Å²) >= 11 is 5.94. The Bertz CT molecular complexity index is 1630. The third-order valence-electron chi connectivity index (χ3n) is 7.12. The van der Waals surface area contributed by atoms with Gasteiger partial charge >= 0.3 is 11.9 Å². The second-order valence-electron chi connectivity index (χ2n) is 10.4. The highest BCUT2D eigenvalue weighted by molar-refractivity contribution is 6.30. The van der Waals surface area contributed by atoms with Gasteiger partial charge in [0.25, 0.3) is 5.91 Å².